The standard InChI is InChI=1S/C21H22BrFN2O/c1-15-4-3-5-20(16(15)2)24-10-12-25(13-11-24)21(26)9-6-17-14-18(22)7-8-19(17)23/h3-9,14H,10-13H2,1-2H3/b9-6+. The van der Waals surface area contributed by atoms with Crippen LogP contribution in [0.2, 0.25) is 0 Å². The van der Waals surface area contributed by atoms with Crippen molar-refractivity contribution in [2.24, 2.45) is 0 Å². The average molecular weight is 417 g/mol. The minimum atomic E-state index is -0.336. The molecular weight excluding hydrogens is 395 g/mol. The minimum Gasteiger partial charge on any atom is -0.368 e. The highest BCUT2D eigenvalue weighted by Gasteiger charge is 2.21. The summed E-state index contributed by atoms with van der Waals surface area (Å²) in [7, 11) is 0. The Morgan fingerprint density at radius 2 is 1.85 bits per heavy atom. The Bertz CT molecular complexity index is 842. The smallest absolute Gasteiger partial charge is 0.246 e. The van der Waals surface area contributed by atoms with E-state index < -0.39 is 0 Å². The van der Waals surface area contributed by atoms with Gasteiger partial charge in [-0.3, -0.25) is 4.79 Å². The fraction of sp³-hybridized carbons (Fsp3) is 0.286. The van der Waals surface area contributed by atoms with E-state index in [0.717, 1.165) is 17.6 Å². The zero-order valence-corrected chi connectivity index (χ0v) is 16.6. The van der Waals surface area contributed by atoms with E-state index in [1.54, 1.807) is 18.2 Å². The second kappa shape index (κ2) is 8.04. The van der Waals surface area contributed by atoms with Crippen molar-refractivity contribution in [1.82, 2.24) is 4.90 Å². The van der Waals surface area contributed by atoms with Crippen LogP contribution in [0, 0.1) is 19.7 Å². The van der Waals surface area contributed by atoms with Crippen molar-refractivity contribution in [3.8, 4) is 0 Å². The van der Waals surface area contributed by atoms with Gasteiger partial charge in [-0.15, -0.1) is 0 Å². The lowest BCUT2D eigenvalue weighted by molar-refractivity contribution is -0.126. The molecular formula is C21H22BrFN2O. The summed E-state index contributed by atoms with van der Waals surface area (Å²) in [6.45, 7) is 7.18. The van der Waals surface area contributed by atoms with E-state index in [1.807, 2.05) is 4.90 Å². The average Bonchev–Trinajstić information content (AvgIpc) is 2.64. The van der Waals surface area contributed by atoms with E-state index in [1.165, 1.54) is 29.0 Å². The summed E-state index contributed by atoms with van der Waals surface area (Å²) in [5.41, 5.74) is 4.21. The van der Waals surface area contributed by atoms with E-state index in [2.05, 4.69) is 52.9 Å². The molecule has 1 amide bonds. The lowest BCUT2D eigenvalue weighted by Crippen LogP contribution is -2.48. The number of anilines is 1. The molecule has 1 heterocycles. The summed E-state index contributed by atoms with van der Waals surface area (Å²) in [6.07, 6.45) is 3.00. The van der Waals surface area contributed by atoms with Crippen molar-refractivity contribution in [3.05, 3.63) is 69.5 Å². The van der Waals surface area contributed by atoms with E-state index in [4.69, 9.17) is 0 Å². The minimum absolute atomic E-state index is 0.0787. The summed E-state index contributed by atoms with van der Waals surface area (Å²) < 4.78 is 14.6. The lowest BCUT2D eigenvalue weighted by Gasteiger charge is -2.36. The summed E-state index contributed by atoms with van der Waals surface area (Å²) in [5.74, 6) is -0.415. The number of nitrogens with zero attached hydrogens (tertiary/aromatic N) is 2. The van der Waals surface area contributed by atoms with E-state index in [0.29, 0.717) is 18.7 Å². The summed E-state index contributed by atoms with van der Waals surface area (Å²) in [5, 5.41) is 0. The molecule has 3 nitrogen and oxygen atoms in total. The molecule has 1 aliphatic heterocycles. The molecule has 0 spiro atoms. The van der Waals surface area contributed by atoms with Gasteiger partial charge >= 0.3 is 0 Å². The molecule has 1 saturated heterocycles. The molecule has 0 aliphatic carbocycles. The third kappa shape index (κ3) is 4.15. The van der Waals surface area contributed by atoms with Crippen LogP contribution in [0.3, 0.4) is 0 Å². The van der Waals surface area contributed by atoms with Crippen LogP contribution in [0.15, 0.2) is 46.9 Å². The topological polar surface area (TPSA) is 23.6 Å². The van der Waals surface area contributed by atoms with Crippen molar-refractivity contribution < 1.29 is 9.18 Å². The van der Waals surface area contributed by atoms with E-state index in [9.17, 15) is 9.18 Å². The van der Waals surface area contributed by atoms with Crippen LogP contribution in [0.25, 0.3) is 6.08 Å². The third-order valence-electron chi connectivity index (χ3n) is 4.87. The highest BCUT2D eigenvalue weighted by atomic mass is 79.9. The van der Waals surface area contributed by atoms with Crippen molar-refractivity contribution in [2.45, 2.75) is 13.8 Å². The molecule has 0 saturated carbocycles. The number of amides is 1. The van der Waals surface area contributed by atoms with Gasteiger partial charge in [0.05, 0.1) is 0 Å². The third-order valence-corrected chi connectivity index (χ3v) is 5.36. The lowest BCUT2D eigenvalue weighted by atomic mass is 10.1. The number of carbonyl (C=O) groups excluding carboxylic acids is 1. The normalized spacial score (nSPS) is 14.9. The summed E-state index contributed by atoms with van der Waals surface area (Å²) >= 11 is 3.32. The molecule has 0 radical (unpaired) electrons. The van der Waals surface area contributed by atoms with Gasteiger partial charge in [0.15, 0.2) is 0 Å². The van der Waals surface area contributed by atoms with Crippen molar-refractivity contribution in [3.63, 3.8) is 0 Å². The van der Waals surface area contributed by atoms with Gasteiger partial charge in [-0.2, -0.15) is 0 Å². The first-order valence-electron chi connectivity index (χ1n) is 8.69. The highest BCUT2D eigenvalue weighted by molar-refractivity contribution is 9.10. The molecule has 0 unspecified atom stereocenters. The summed E-state index contributed by atoms with van der Waals surface area (Å²) in [6, 6.07) is 11.0. The Morgan fingerprint density at radius 3 is 2.58 bits per heavy atom. The monoisotopic (exact) mass is 416 g/mol. The largest absolute Gasteiger partial charge is 0.368 e. The van der Waals surface area contributed by atoms with Crippen molar-refractivity contribution >= 4 is 33.6 Å². The molecule has 1 fully saturated rings. The van der Waals surface area contributed by atoms with Crippen molar-refractivity contribution in [1.29, 1.82) is 0 Å². The number of halogens is 2. The van der Waals surface area contributed by atoms with Gasteiger partial charge in [-0.05, 0) is 55.3 Å². The second-order valence-corrected chi connectivity index (χ2v) is 7.45. The predicted octanol–water partition coefficient (Wildman–Crippen LogP) is 4.57. The molecule has 26 heavy (non-hydrogen) atoms. The van der Waals surface area contributed by atoms with Crippen LogP contribution >= 0.6 is 15.9 Å². The number of piperazine rings is 1. The number of aryl methyl sites for hydroxylation is 1. The highest BCUT2D eigenvalue weighted by Crippen LogP contribution is 2.24. The van der Waals surface area contributed by atoms with Crippen LogP contribution in [0.5, 0.6) is 0 Å². The van der Waals surface area contributed by atoms with Gasteiger partial charge in [-0.25, -0.2) is 4.39 Å². The fourth-order valence-corrected chi connectivity index (χ4v) is 3.53. The zero-order valence-electron chi connectivity index (χ0n) is 15.0. The van der Waals surface area contributed by atoms with Gasteiger partial charge in [-0.1, -0.05) is 28.1 Å². The molecule has 0 atom stereocenters. The molecule has 0 bridgehead atoms. The Kier molecular flexibility index (Phi) is 5.77. The van der Waals surface area contributed by atoms with Crippen LogP contribution in [-0.4, -0.2) is 37.0 Å². The quantitative estimate of drug-likeness (QED) is 0.684. The molecule has 2 aromatic rings. The Hall–Kier alpha value is -2.14. The molecule has 3 rings (SSSR count). The van der Waals surface area contributed by atoms with Crippen LogP contribution in [0.4, 0.5) is 10.1 Å². The molecule has 1 aliphatic rings. The second-order valence-electron chi connectivity index (χ2n) is 6.53. The van der Waals surface area contributed by atoms with Crippen LogP contribution in [0.1, 0.15) is 16.7 Å². The Balaban J connectivity index is 1.62. The molecule has 0 aromatic heterocycles. The van der Waals surface area contributed by atoms with Gasteiger partial charge in [0.25, 0.3) is 0 Å². The van der Waals surface area contributed by atoms with Crippen molar-refractivity contribution in [2.75, 3.05) is 31.1 Å². The number of benzene rings is 2. The number of hydrogen-bond acceptors (Lipinski definition) is 2. The van der Waals surface area contributed by atoms with Gasteiger partial charge < -0.3 is 9.80 Å². The maximum Gasteiger partial charge on any atom is 0.246 e. The maximum absolute atomic E-state index is 13.8. The van der Waals surface area contributed by atoms with Crippen LogP contribution in [-0.2, 0) is 4.79 Å². The summed E-state index contributed by atoms with van der Waals surface area (Å²) in [4.78, 5) is 16.6. The first-order chi connectivity index (χ1) is 12.5. The van der Waals surface area contributed by atoms with E-state index >= 15 is 0 Å². The molecule has 5 heteroatoms. The van der Waals surface area contributed by atoms with Crippen LogP contribution < -0.4 is 4.90 Å². The number of hydrogen-bond donors (Lipinski definition) is 0. The Labute approximate surface area is 162 Å². The first kappa shape index (κ1) is 18.6. The first-order valence-corrected chi connectivity index (χ1v) is 9.48. The number of carbonyl (C=O) groups is 1. The van der Waals surface area contributed by atoms with Gasteiger partial charge in [0, 0.05) is 48.0 Å². The molecule has 0 N–H and O–H groups in total. The maximum atomic E-state index is 13.8. The predicted molar refractivity (Wildman–Crippen MR) is 108 cm³/mol. The molecule has 2 aromatic carbocycles. The van der Waals surface area contributed by atoms with Gasteiger partial charge in [0.2, 0.25) is 5.91 Å². The SMILES string of the molecule is Cc1cccc(N2CCN(C(=O)/C=C/c3cc(Br)ccc3F)CC2)c1C. The van der Waals surface area contributed by atoms with E-state index in [-0.39, 0.29) is 11.7 Å². The molecule has 136 valence electrons. The van der Waals surface area contributed by atoms with Gasteiger partial charge in [0.1, 0.15) is 5.82 Å². The number of rotatable bonds is 3. The fourth-order valence-electron chi connectivity index (χ4n) is 3.15. The Morgan fingerprint density at radius 1 is 1.12 bits per heavy atom. The zero-order chi connectivity index (χ0) is 18.7.